The number of aromatic nitrogens is 4. The van der Waals surface area contributed by atoms with E-state index in [0.717, 1.165) is 35.8 Å². The molecular formula is C22H28N6O. The molecule has 1 saturated heterocycles. The normalized spacial score (nSPS) is 19.3. The minimum absolute atomic E-state index is 0.306. The summed E-state index contributed by atoms with van der Waals surface area (Å²) in [6.07, 6.45) is 2.31. The smallest absolute Gasteiger partial charge is 0.153 e. The molecule has 0 aliphatic carbocycles. The highest BCUT2D eigenvalue weighted by atomic mass is 16.5. The summed E-state index contributed by atoms with van der Waals surface area (Å²) in [4.78, 5) is 0. The van der Waals surface area contributed by atoms with E-state index in [1.54, 1.807) is 11.8 Å². The third-order valence-corrected chi connectivity index (χ3v) is 5.58. The van der Waals surface area contributed by atoms with Crippen LogP contribution in [0.25, 0.3) is 5.69 Å². The molecule has 1 aliphatic heterocycles. The van der Waals surface area contributed by atoms with Gasteiger partial charge in [-0.2, -0.15) is 4.68 Å². The third-order valence-electron chi connectivity index (χ3n) is 5.58. The number of tetrazole rings is 1. The molecule has 0 bridgehead atoms. The molecule has 2 N–H and O–H groups in total. The number of nitrogens with one attached hydrogen (secondary N) is 2. The van der Waals surface area contributed by atoms with Crippen molar-refractivity contribution >= 4 is 0 Å². The van der Waals surface area contributed by atoms with Gasteiger partial charge in [0.25, 0.3) is 0 Å². The lowest BCUT2D eigenvalue weighted by molar-refractivity contribution is 0.303. The molecule has 152 valence electrons. The largest absolute Gasteiger partial charge is 0.496 e. The van der Waals surface area contributed by atoms with E-state index in [2.05, 4.69) is 63.4 Å². The van der Waals surface area contributed by atoms with Crippen molar-refractivity contribution < 1.29 is 4.74 Å². The van der Waals surface area contributed by atoms with E-state index >= 15 is 0 Å². The molecule has 7 heteroatoms. The van der Waals surface area contributed by atoms with Crippen LogP contribution >= 0.6 is 0 Å². The molecule has 4 rings (SSSR count). The number of nitrogens with zero attached hydrogens (tertiary/aromatic N) is 4. The maximum atomic E-state index is 5.60. The summed E-state index contributed by atoms with van der Waals surface area (Å²) in [5, 5.41) is 19.3. The zero-order valence-electron chi connectivity index (χ0n) is 17.2. The van der Waals surface area contributed by atoms with Crippen LogP contribution in [0.4, 0.5) is 0 Å². The van der Waals surface area contributed by atoms with E-state index in [1.807, 2.05) is 19.1 Å². The van der Waals surface area contributed by atoms with Crippen LogP contribution in [0.1, 0.15) is 41.4 Å². The summed E-state index contributed by atoms with van der Waals surface area (Å²) in [7, 11) is 1.71. The van der Waals surface area contributed by atoms with E-state index in [1.165, 1.54) is 17.5 Å². The molecule has 29 heavy (non-hydrogen) atoms. The third kappa shape index (κ3) is 4.31. The molecule has 2 aromatic carbocycles. The van der Waals surface area contributed by atoms with Crippen molar-refractivity contribution in [1.29, 1.82) is 0 Å². The number of methoxy groups -OCH3 is 1. The van der Waals surface area contributed by atoms with Gasteiger partial charge in [0.2, 0.25) is 0 Å². The van der Waals surface area contributed by atoms with Gasteiger partial charge in [0, 0.05) is 24.2 Å². The first kappa shape index (κ1) is 19.5. The van der Waals surface area contributed by atoms with Gasteiger partial charge in [-0.05, 0) is 67.4 Å². The predicted octanol–water partition coefficient (Wildman–Crippen LogP) is 2.87. The van der Waals surface area contributed by atoms with Gasteiger partial charge in [-0.3, -0.25) is 0 Å². The zero-order valence-corrected chi connectivity index (χ0v) is 17.2. The molecule has 0 unspecified atom stereocenters. The van der Waals surface area contributed by atoms with Crippen molar-refractivity contribution in [3.8, 4) is 11.4 Å². The Morgan fingerprint density at radius 2 is 2.00 bits per heavy atom. The van der Waals surface area contributed by atoms with Gasteiger partial charge in [-0.1, -0.05) is 29.8 Å². The molecule has 1 aromatic heterocycles. The fraction of sp³-hybridized carbons (Fsp3) is 0.409. The van der Waals surface area contributed by atoms with E-state index < -0.39 is 0 Å². The van der Waals surface area contributed by atoms with Gasteiger partial charge in [0.05, 0.1) is 12.8 Å². The molecule has 2 heterocycles. The molecule has 0 radical (unpaired) electrons. The molecule has 1 fully saturated rings. The molecule has 3 aromatic rings. The van der Waals surface area contributed by atoms with Gasteiger partial charge < -0.3 is 15.4 Å². The standard InChI is InChI=1S/C22H28N6O/c1-15-6-8-17(9-7-15)22-20(5-4-12-23-22)24-14-18-13-19(10-11-21(18)29-3)28-16(2)25-26-27-28/h6-11,13,20,22-24H,4-5,12,14H2,1-3H3/t20-,22-/m0/s1. The van der Waals surface area contributed by atoms with Crippen LogP contribution in [0.5, 0.6) is 5.75 Å². The second-order valence-corrected chi connectivity index (χ2v) is 7.61. The number of benzene rings is 2. The molecule has 2 atom stereocenters. The van der Waals surface area contributed by atoms with Crippen molar-refractivity contribution in [3.63, 3.8) is 0 Å². The van der Waals surface area contributed by atoms with E-state index in [4.69, 9.17) is 4.74 Å². The summed E-state index contributed by atoms with van der Waals surface area (Å²) in [6.45, 7) is 5.78. The Hall–Kier alpha value is -2.77. The first-order valence-electron chi connectivity index (χ1n) is 10.1. The Bertz CT molecular complexity index is 952. The first-order chi connectivity index (χ1) is 14.2. The van der Waals surface area contributed by atoms with Crippen molar-refractivity contribution in [2.75, 3.05) is 13.7 Å². The van der Waals surface area contributed by atoms with Crippen LogP contribution in [0.3, 0.4) is 0 Å². The SMILES string of the molecule is COc1ccc(-n2nnnc2C)cc1CN[C@H]1CCCN[C@H]1c1ccc(C)cc1. The molecule has 0 saturated carbocycles. The summed E-state index contributed by atoms with van der Waals surface area (Å²) < 4.78 is 7.33. The second kappa shape index (κ2) is 8.71. The van der Waals surface area contributed by atoms with Crippen LogP contribution in [-0.4, -0.2) is 39.9 Å². The van der Waals surface area contributed by atoms with Crippen molar-refractivity contribution in [2.45, 2.75) is 45.3 Å². The van der Waals surface area contributed by atoms with E-state index in [0.29, 0.717) is 18.6 Å². The minimum Gasteiger partial charge on any atom is -0.496 e. The number of ether oxygens (including phenoxy) is 1. The highest BCUT2D eigenvalue weighted by Crippen LogP contribution is 2.26. The number of piperidine rings is 1. The summed E-state index contributed by atoms with van der Waals surface area (Å²) in [5.74, 6) is 1.62. The number of rotatable bonds is 6. The first-order valence-corrected chi connectivity index (χ1v) is 10.1. The van der Waals surface area contributed by atoms with Gasteiger partial charge in [-0.25, -0.2) is 0 Å². The van der Waals surface area contributed by atoms with Gasteiger partial charge in [-0.15, -0.1) is 5.10 Å². The Morgan fingerprint density at radius 3 is 2.72 bits per heavy atom. The van der Waals surface area contributed by atoms with E-state index in [9.17, 15) is 0 Å². The lowest BCUT2D eigenvalue weighted by Crippen LogP contribution is -2.45. The van der Waals surface area contributed by atoms with Crippen LogP contribution < -0.4 is 15.4 Å². The van der Waals surface area contributed by atoms with Crippen LogP contribution in [-0.2, 0) is 6.54 Å². The van der Waals surface area contributed by atoms with Crippen molar-refractivity contribution in [2.24, 2.45) is 0 Å². The summed E-state index contributed by atoms with van der Waals surface area (Å²) in [6, 6.07) is 15.5. The van der Waals surface area contributed by atoms with Crippen LogP contribution in [0.2, 0.25) is 0 Å². The molecule has 7 nitrogen and oxygen atoms in total. The molecular weight excluding hydrogens is 364 g/mol. The monoisotopic (exact) mass is 392 g/mol. The lowest BCUT2D eigenvalue weighted by Gasteiger charge is -2.34. The summed E-state index contributed by atoms with van der Waals surface area (Å²) >= 11 is 0. The van der Waals surface area contributed by atoms with Crippen molar-refractivity contribution in [1.82, 2.24) is 30.8 Å². The Kier molecular flexibility index (Phi) is 5.87. The second-order valence-electron chi connectivity index (χ2n) is 7.61. The minimum atomic E-state index is 0.306. The highest BCUT2D eigenvalue weighted by Gasteiger charge is 2.26. The average Bonchev–Trinajstić information content (AvgIpc) is 3.19. The zero-order chi connectivity index (χ0) is 20.2. The predicted molar refractivity (Wildman–Crippen MR) is 112 cm³/mol. The fourth-order valence-electron chi connectivity index (χ4n) is 3.98. The Morgan fingerprint density at radius 1 is 1.17 bits per heavy atom. The maximum Gasteiger partial charge on any atom is 0.153 e. The lowest BCUT2D eigenvalue weighted by atomic mass is 9.91. The van der Waals surface area contributed by atoms with E-state index in [-0.39, 0.29) is 0 Å². The summed E-state index contributed by atoms with van der Waals surface area (Å²) in [5.41, 5.74) is 4.64. The molecule has 0 spiro atoms. The quantitative estimate of drug-likeness (QED) is 0.672. The number of hydrogen-bond acceptors (Lipinski definition) is 6. The van der Waals surface area contributed by atoms with Gasteiger partial charge >= 0.3 is 0 Å². The average molecular weight is 393 g/mol. The van der Waals surface area contributed by atoms with Gasteiger partial charge in [0.15, 0.2) is 5.82 Å². The van der Waals surface area contributed by atoms with Crippen LogP contribution in [0, 0.1) is 13.8 Å². The fourth-order valence-corrected chi connectivity index (χ4v) is 3.98. The van der Waals surface area contributed by atoms with Crippen molar-refractivity contribution in [3.05, 3.63) is 65.0 Å². The van der Waals surface area contributed by atoms with Crippen LogP contribution in [0.15, 0.2) is 42.5 Å². The molecule has 0 amide bonds. The Labute approximate surface area is 171 Å². The topological polar surface area (TPSA) is 76.9 Å². The maximum absolute atomic E-state index is 5.60. The highest BCUT2D eigenvalue weighted by molar-refractivity contribution is 5.44. The number of aryl methyl sites for hydroxylation is 2. The van der Waals surface area contributed by atoms with Gasteiger partial charge in [0.1, 0.15) is 5.75 Å². The molecule has 1 aliphatic rings. The Balaban J connectivity index is 1.53. The number of hydrogen-bond donors (Lipinski definition) is 2.